The molecular weight excluding hydrogens is 560 g/mol. The van der Waals surface area contributed by atoms with Crippen LogP contribution in [-0.2, 0) is 29.0 Å². The number of esters is 1. The number of H-pyrrole nitrogens is 1. The van der Waals surface area contributed by atoms with Crippen molar-refractivity contribution in [3.05, 3.63) is 117 Å². The van der Waals surface area contributed by atoms with Gasteiger partial charge in [-0.15, -0.1) is 5.10 Å². The lowest BCUT2D eigenvalue weighted by atomic mass is 9.98. The number of aromatic amines is 1. The molecule has 0 radical (unpaired) electrons. The molecular formula is C32H30N8O4. The summed E-state index contributed by atoms with van der Waals surface area (Å²) in [5, 5.41) is 14.3. The van der Waals surface area contributed by atoms with Crippen LogP contribution in [0.3, 0.4) is 0 Å². The van der Waals surface area contributed by atoms with Gasteiger partial charge in [-0.2, -0.15) is 0 Å². The Balaban J connectivity index is 1.47. The van der Waals surface area contributed by atoms with E-state index >= 15 is 0 Å². The Kier molecular flexibility index (Phi) is 7.71. The van der Waals surface area contributed by atoms with E-state index in [-0.39, 0.29) is 17.7 Å². The number of rotatable bonds is 9. The topological polar surface area (TPSA) is 143 Å². The van der Waals surface area contributed by atoms with Gasteiger partial charge in [-0.25, -0.2) is 14.9 Å². The lowest BCUT2D eigenvalue weighted by Crippen LogP contribution is -2.43. The van der Waals surface area contributed by atoms with Crippen LogP contribution < -0.4 is 11.2 Å². The van der Waals surface area contributed by atoms with Crippen LogP contribution in [0, 0.1) is 0 Å². The zero-order valence-corrected chi connectivity index (χ0v) is 24.5. The summed E-state index contributed by atoms with van der Waals surface area (Å²) >= 11 is 0. The van der Waals surface area contributed by atoms with Gasteiger partial charge in [-0.3, -0.25) is 18.7 Å². The van der Waals surface area contributed by atoms with Gasteiger partial charge in [0.15, 0.2) is 17.0 Å². The van der Waals surface area contributed by atoms with E-state index in [1.807, 2.05) is 90.4 Å². The maximum atomic E-state index is 14.2. The fourth-order valence-corrected chi connectivity index (χ4v) is 5.49. The first-order chi connectivity index (χ1) is 21.4. The number of nitrogens with one attached hydrogen (secondary N) is 1. The number of imidazole rings is 1. The highest BCUT2D eigenvalue weighted by Crippen LogP contribution is 2.30. The van der Waals surface area contributed by atoms with Gasteiger partial charge in [0.1, 0.15) is 12.4 Å². The normalized spacial score (nSPS) is 12.0. The first kappa shape index (κ1) is 28.5. The molecule has 0 bridgehead atoms. The van der Waals surface area contributed by atoms with Crippen LogP contribution in [0.4, 0.5) is 0 Å². The molecule has 3 heterocycles. The Labute approximate surface area is 251 Å². The number of methoxy groups -OCH3 is 1. The summed E-state index contributed by atoms with van der Waals surface area (Å²) in [6.07, 6.45) is 0.505. The van der Waals surface area contributed by atoms with Gasteiger partial charge in [0.25, 0.3) is 5.56 Å². The number of aryl methyl sites for hydroxylation is 1. The summed E-state index contributed by atoms with van der Waals surface area (Å²) in [5.41, 5.74) is 3.83. The maximum Gasteiger partial charge on any atom is 0.333 e. The Morgan fingerprint density at radius 3 is 2.30 bits per heavy atom. The van der Waals surface area contributed by atoms with Crippen LogP contribution in [0.2, 0.25) is 0 Å². The van der Waals surface area contributed by atoms with Gasteiger partial charge in [0.2, 0.25) is 0 Å². The van der Waals surface area contributed by atoms with Crippen LogP contribution in [0.1, 0.15) is 36.8 Å². The summed E-state index contributed by atoms with van der Waals surface area (Å²) in [6, 6.07) is 24.5. The number of carbonyl (C=O) groups excluding carboxylic acids is 1. The van der Waals surface area contributed by atoms with Crippen molar-refractivity contribution in [1.29, 1.82) is 0 Å². The molecule has 222 valence electrons. The second-order valence-electron chi connectivity index (χ2n) is 10.3. The van der Waals surface area contributed by atoms with Crippen molar-refractivity contribution in [3.63, 3.8) is 0 Å². The maximum absolute atomic E-state index is 14.2. The SMILES string of the molecule is CCc1nc2c(c(=O)n(C(C)c3ccccc3)c(=O)n2CC(=O)OC)n1Cc1ccc(-c2ccccc2-c2nnn[nH]2)cc1. The summed E-state index contributed by atoms with van der Waals surface area (Å²) in [6.45, 7) is 3.69. The Hall–Kier alpha value is -5.65. The second kappa shape index (κ2) is 11.9. The molecule has 6 rings (SSSR count). The number of carbonyl (C=O) groups is 1. The van der Waals surface area contributed by atoms with Crippen molar-refractivity contribution < 1.29 is 9.53 Å². The number of nitrogens with zero attached hydrogens (tertiary/aromatic N) is 7. The zero-order chi connectivity index (χ0) is 30.8. The Morgan fingerprint density at radius 1 is 0.932 bits per heavy atom. The number of aromatic nitrogens is 8. The number of tetrazole rings is 1. The number of ether oxygens (including phenoxy) is 1. The molecule has 0 aliphatic heterocycles. The van der Waals surface area contributed by atoms with Crippen molar-refractivity contribution in [2.45, 2.75) is 39.4 Å². The van der Waals surface area contributed by atoms with Crippen LogP contribution in [0.15, 0.2) is 88.5 Å². The Bertz CT molecular complexity index is 2060. The zero-order valence-electron chi connectivity index (χ0n) is 24.5. The van der Waals surface area contributed by atoms with Gasteiger partial charge in [0.05, 0.1) is 13.2 Å². The van der Waals surface area contributed by atoms with Gasteiger partial charge in [0, 0.05) is 18.5 Å². The van der Waals surface area contributed by atoms with E-state index in [1.54, 1.807) is 6.92 Å². The number of fused-ring (bicyclic) bond motifs is 1. The third kappa shape index (κ3) is 5.10. The molecule has 6 aromatic rings. The average Bonchev–Trinajstić information content (AvgIpc) is 3.72. The predicted molar refractivity (Wildman–Crippen MR) is 164 cm³/mol. The molecule has 12 heteroatoms. The average molecular weight is 591 g/mol. The van der Waals surface area contributed by atoms with Gasteiger partial charge in [-0.05, 0) is 39.6 Å². The molecule has 44 heavy (non-hydrogen) atoms. The molecule has 0 aliphatic rings. The quantitative estimate of drug-likeness (QED) is 0.252. The number of hydrogen-bond acceptors (Lipinski definition) is 8. The summed E-state index contributed by atoms with van der Waals surface area (Å²) in [5.74, 6) is 0.573. The summed E-state index contributed by atoms with van der Waals surface area (Å²) in [4.78, 5) is 45.0. The van der Waals surface area contributed by atoms with Crippen molar-refractivity contribution in [1.82, 2.24) is 39.3 Å². The summed E-state index contributed by atoms with van der Waals surface area (Å²) in [7, 11) is 1.26. The fourth-order valence-electron chi connectivity index (χ4n) is 5.49. The standard InChI is InChI=1S/C32H30N8O4/c1-4-26-33-30-28(31(42)40(20(2)22-10-6-5-7-11-22)32(43)39(30)19-27(41)44-3)38(26)18-21-14-16-23(17-15-21)24-12-8-9-13-25(24)29-34-36-37-35-29/h5-17,20H,4,18-19H2,1-3H3,(H,34,35,36,37). The highest BCUT2D eigenvalue weighted by Gasteiger charge is 2.25. The lowest BCUT2D eigenvalue weighted by Gasteiger charge is -2.18. The molecule has 0 spiro atoms. The van der Waals surface area contributed by atoms with Crippen molar-refractivity contribution in [2.24, 2.45) is 0 Å². The van der Waals surface area contributed by atoms with Crippen LogP contribution in [-0.4, -0.2) is 52.4 Å². The first-order valence-electron chi connectivity index (χ1n) is 14.2. The molecule has 3 aromatic carbocycles. The molecule has 0 fully saturated rings. The largest absolute Gasteiger partial charge is 0.468 e. The highest BCUT2D eigenvalue weighted by molar-refractivity contribution is 5.80. The van der Waals surface area contributed by atoms with E-state index in [0.29, 0.717) is 24.6 Å². The van der Waals surface area contributed by atoms with Crippen LogP contribution in [0.5, 0.6) is 0 Å². The molecule has 1 unspecified atom stereocenters. The second-order valence-corrected chi connectivity index (χ2v) is 10.3. The molecule has 0 aliphatic carbocycles. The van der Waals surface area contributed by atoms with Crippen molar-refractivity contribution in [2.75, 3.05) is 7.11 Å². The number of benzene rings is 3. The van der Waals surface area contributed by atoms with Gasteiger partial charge >= 0.3 is 11.7 Å². The smallest absolute Gasteiger partial charge is 0.333 e. The van der Waals surface area contributed by atoms with E-state index in [4.69, 9.17) is 9.72 Å². The first-order valence-corrected chi connectivity index (χ1v) is 14.2. The minimum Gasteiger partial charge on any atom is -0.468 e. The van der Waals surface area contributed by atoms with Crippen LogP contribution >= 0.6 is 0 Å². The molecule has 1 N–H and O–H groups in total. The number of hydrogen-bond donors (Lipinski definition) is 1. The molecule has 1 atom stereocenters. The van der Waals surface area contributed by atoms with Gasteiger partial charge < -0.3 is 9.30 Å². The minimum absolute atomic E-state index is 0.157. The molecule has 0 amide bonds. The highest BCUT2D eigenvalue weighted by atomic mass is 16.5. The van der Waals surface area contributed by atoms with Gasteiger partial charge in [-0.1, -0.05) is 85.8 Å². The van der Waals surface area contributed by atoms with Crippen LogP contribution in [0.25, 0.3) is 33.7 Å². The molecule has 0 saturated carbocycles. The van der Waals surface area contributed by atoms with E-state index in [9.17, 15) is 14.4 Å². The molecule has 3 aromatic heterocycles. The Morgan fingerprint density at radius 2 is 1.64 bits per heavy atom. The fraction of sp³-hybridized carbons (Fsp3) is 0.219. The van der Waals surface area contributed by atoms with E-state index < -0.39 is 23.3 Å². The van der Waals surface area contributed by atoms with E-state index in [0.717, 1.165) is 27.8 Å². The predicted octanol–water partition coefficient (Wildman–Crippen LogP) is 3.60. The summed E-state index contributed by atoms with van der Waals surface area (Å²) < 4.78 is 9.14. The third-order valence-corrected chi connectivity index (χ3v) is 7.78. The monoisotopic (exact) mass is 590 g/mol. The van der Waals surface area contributed by atoms with Crippen molar-refractivity contribution >= 4 is 17.1 Å². The molecule has 0 saturated heterocycles. The third-order valence-electron chi connectivity index (χ3n) is 7.78. The van der Waals surface area contributed by atoms with Crippen molar-refractivity contribution in [3.8, 4) is 22.5 Å². The lowest BCUT2D eigenvalue weighted by molar-refractivity contribution is -0.141. The van der Waals surface area contributed by atoms with E-state index in [1.165, 1.54) is 16.2 Å². The molecule has 12 nitrogen and oxygen atoms in total. The van der Waals surface area contributed by atoms with E-state index in [2.05, 4.69) is 20.6 Å². The minimum atomic E-state index is -0.624.